The minimum absolute atomic E-state index is 0. The molecule has 1 atom stereocenters. The number of benzene rings is 1. The lowest BCUT2D eigenvalue weighted by Crippen LogP contribution is -2.34. The third-order valence-electron chi connectivity index (χ3n) is 4.66. The molecule has 8 heteroatoms. The minimum Gasteiger partial charge on any atom is -0.341 e. The molecule has 0 saturated heterocycles. The Morgan fingerprint density at radius 1 is 1.28 bits per heavy atom. The van der Waals surface area contributed by atoms with Crippen LogP contribution in [0.3, 0.4) is 0 Å². The summed E-state index contributed by atoms with van der Waals surface area (Å²) in [5.74, 6) is 2.91. The number of aromatic amines is 1. The van der Waals surface area contributed by atoms with Crippen LogP contribution in [0.25, 0.3) is 11.0 Å². The summed E-state index contributed by atoms with van der Waals surface area (Å²) in [6, 6.07) is 8.05. The summed E-state index contributed by atoms with van der Waals surface area (Å²) in [6.07, 6.45) is 4.15. The van der Waals surface area contributed by atoms with Crippen molar-refractivity contribution in [2.75, 3.05) is 0 Å². The maximum absolute atomic E-state index is 6.38. The van der Waals surface area contributed by atoms with E-state index in [9.17, 15) is 0 Å². The van der Waals surface area contributed by atoms with Crippen molar-refractivity contribution in [3.63, 3.8) is 0 Å². The van der Waals surface area contributed by atoms with E-state index in [4.69, 9.17) is 10.3 Å². The van der Waals surface area contributed by atoms with Crippen LogP contribution in [0.2, 0.25) is 0 Å². The van der Waals surface area contributed by atoms with Crippen LogP contribution in [0.1, 0.15) is 55.4 Å². The van der Waals surface area contributed by atoms with Crippen LogP contribution in [-0.4, -0.2) is 20.1 Å². The van der Waals surface area contributed by atoms with Crippen molar-refractivity contribution in [2.45, 2.75) is 49.1 Å². The van der Waals surface area contributed by atoms with E-state index in [2.05, 4.69) is 27.0 Å². The molecule has 6 nitrogen and oxygen atoms in total. The number of H-pyrrole nitrogens is 1. The largest absolute Gasteiger partial charge is 0.341 e. The van der Waals surface area contributed by atoms with Crippen molar-refractivity contribution < 1.29 is 4.52 Å². The quantitative estimate of drug-likeness (QED) is 0.693. The highest BCUT2D eigenvalue weighted by Gasteiger charge is 2.35. The van der Waals surface area contributed by atoms with Gasteiger partial charge < -0.3 is 15.2 Å². The highest BCUT2D eigenvalue weighted by Crippen LogP contribution is 2.35. The Morgan fingerprint density at radius 2 is 2.04 bits per heavy atom. The second-order valence-electron chi connectivity index (χ2n) is 6.47. The molecule has 1 aromatic carbocycles. The number of para-hydroxylation sites is 2. The Labute approximate surface area is 156 Å². The monoisotopic (exact) mass is 379 g/mol. The summed E-state index contributed by atoms with van der Waals surface area (Å²) in [6.45, 7) is 2.13. The maximum Gasteiger partial charge on any atom is 0.236 e. The third kappa shape index (κ3) is 3.68. The van der Waals surface area contributed by atoms with Gasteiger partial charge in [-0.25, -0.2) is 4.98 Å². The molecule has 0 amide bonds. The zero-order valence-electron chi connectivity index (χ0n) is 14.1. The molecule has 0 bridgehead atoms. The number of halogens is 1. The van der Waals surface area contributed by atoms with Crippen LogP contribution in [0, 0.1) is 0 Å². The van der Waals surface area contributed by atoms with E-state index in [1.54, 1.807) is 11.8 Å². The van der Waals surface area contributed by atoms with Crippen molar-refractivity contribution in [3.05, 3.63) is 41.8 Å². The molecule has 134 valence electrons. The van der Waals surface area contributed by atoms with Gasteiger partial charge in [-0.15, -0.1) is 24.2 Å². The predicted octanol–water partition coefficient (Wildman–Crippen LogP) is 4.09. The molecule has 3 N–H and O–H groups in total. The van der Waals surface area contributed by atoms with Gasteiger partial charge in [0.2, 0.25) is 5.89 Å². The molecular formula is C17H22ClN5OS. The van der Waals surface area contributed by atoms with Crippen LogP contribution >= 0.6 is 24.2 Å². The average molecular weight is 380 g/mol. The second kappa shape index (κ2) is 7.35. The lowest BCUT2D eigenvalue weighted by molar-refractivity contribution is 0.355. The molecule has 25 heavy (non-hydrogen) atoms. The topological polar surface area (TPSA) is 93.6 Å². The molecule has 0 aliphatic heterocycles. The van der Waals surface area contributed by atoms with Gasteiger partial charge in [-0.1, -0.05) is 30.1 Å². The zero-order chi connectivity index (χ0) is 16.6. The van der Waals surface area contributed by atoms with Gasteiger partial charge in [0.05, 0.1) is 27.6 Å². The highest BCUT2D eigenvalue weighted by atomic mass is 35.5. The zero-order valence-corrected chi connectivity index (χ0v) is 15.7. The van der Waals surface area contributed by atoms with E-state index >= 15 is 0 Å². The Bertz CT molecular complexity index is 809. The van der Waals surface area contributed by atoms with Crippen molar-refractivity contribution in [1.82, 2.24) is 20.1 Å². The van der Waals surface area contributed by atoms with Crippen LogP contribution in [0.5, 0.6) is 0 Å². The van der Waals surface area contributed by atoms with Crippen LogP contribution < -0.4 is 5.73 Å². The van der Waals surface area contributed by atoms with Crippen LogP contribution in [-0.2, 0) is 11.3 Å². The fraction of sp³-hybridized carbons (Fsp3) is 0.471. The smallest absolute Gasteiger partial charge is 0.236 e. The maximum atomic E-state index is 6.38. The fourth-order valence-corrected chi connectivity index (χ4v) is 3.96. The van der Waals surface area contributed by atoms with E-state index in [-0.39, 0.29) is 17.7 Å². The molecule has 1 saturated carbocycles. The summed E-state index contributed by atoms with van der Waals surface area (Å²) in [4.78, 5) is 12.5. The molecule has 0 spiro atoms. The highest BCUT2D eigenvalue weighted by molar-refractivity contribution is 7.98. The molecule has 1 aliphatic carbocycles. The Hall–Kier alpha value is -1.57. The molecular weight excluding hydrogens is 358 g/mol. The van der Waals surface area contributed by atoms with E-state index in [1.165, 1.54) is 0 Å². The molecule has 3 aromatic rings. The summed E-state index contributed by atoms with van der Waals surface area (Å²) >= 11 is 1.72. The fourth-order valence-electron chi connectivity index (χ4n) is 3.19. The first-order valence-corrected chi connectivity index (χ1v) is 9.37. The van der Waals surface area contributed by atoms with Gasteiger partial charge in [-0.05, 0) is 31.9 Å². The van der Waals surface area contributed by atoms with E-state index in [1.807, 2.05) is 24.3 Å². The first-order chi connectivity index (χ1) is 11.6. The molecule has 4 rings (SSSR count). The molecule has 1 unspecified atom stereocenters. The summed E-state index contributed by atoms with van der Waals surface area (Å²) in [5, 5.41) is 4.32. The number of hydrogen-bond donors (Lipinski definition) is 2. The predicted molar refractivity (Wildman–Crippen MR) is 102 cm³/mol. The lowest BCUT2D eigenvalue weighted by Gasteiger charge is -2.17. The lowest BCUT2D eigenvalue weighted by atomic mass is 9.99. The van der Waals surface area contributed by atoms with Crippen molar-refractivity contribution in [3.8, 4) is 0 Å². The number of imidazole rings is 1. The molecule has 0 radical (unpaired) electrons. The van der Waals surface area contributed by atoms with Gasteiger partial charge in [0.1, 0.15) is 5.82 Å². The van der Waals surface area contributed by atoms with Gasteiger partial charge in [-0.3, -0.25) is 0 Å². The van der Waals surface area contributed by atoms with Crippen LogP contribution in [0.4, 0.5) is 0 Å². The second-order valence-corrected chi connectivity index (χ2v) is 7.80. The van der Waals surface area contributed by atoms with Gasteiger partial charge >= 0.3 is 0 Å². The van der Waals surface area contributed by atoms with E-state index in [0.29, 0.717) is 17.5 Å². The van der Waals surface area contributed by atoms with Crippen LogP contribution in [0.15, 0.2) is 28.8 Å². The summed E-state index contributed by atoms with van der Waals surface area (Å²) in [7, 11) is 0. The summed E-state index contributed by atoms with van der Waals surface area (Å²) < 4.78 is 5.39. The van der Waals surface area contributed by atoms with E-state index in [0.717, 1.165) is 42.5 Å². The van der Waals surface area contributed by atoms with E-state index < -0.39 is 5.54 Å². The number of hydrogen-bond acceptors (Lipinski definition) is 6. The number of aromatic nitrogens is 4. The van der Waals surface area contributed by atoms with Crippen molar-refractivity contribution >= 4 is 35.2 Å². The van der Waals surface area contributed by atoms with Crippen molar-refractivity contribution in [1.29, 1.82) is 0 Å². The molecule has 2 heterocycles. The number of thioether (sulfide) groups is 1. The third-order valence-corrected chi connectivity index (χ3v) is 5.80. The van der Waals surface area contributed by atoms with Gasteiger partial charge in [0, 0.05) is 0 Å². The number of fused-ring (bicyclic) bond motifs is 1. The average Bonchev–Trinajstić information content (AvgIpc) is 3.31. The first-order valence-electron chi connectivity index (χ1n) is 8.32. The standard InChI is InChI=1S/C17H21N5OS.ClH/c1-11(15-19-12-6-2-3-7-13(12)20-15)24-10-14-21-16(22-23-14)17(18)8-4-5-9-17;/h2-3,6-7,11H,4-5,8-10,18H2,1H3,(H,19,20);1H. The minimum atomic E-state index is -0.392. The Kier molecular flexibility index (Phi) is 5.36. The van der Waals surface area contributed by atoms with Gasteiger partial charge in [-0.2, -0.15) is 4.98 Å². The van der Waals surface area contributed by atoms with Crippen molar-refractivity contribution in [2.24, 2.45) is 5.73 Å². The Morgan fingerprint density at radius 3 is 2.80 bits per heavy atom. The SMILES string of the molecule is CC(SCc1nc(C2(N)CCCC2)no1)c1nc2ccccc2[nH]1.Cl. The number of nitrogens with zero attached hydrogens (tertiary/aromatic N) is 3. The number of rotatable bonds is 5. The molecule has 1 aliphatic rings. The summed E-state index contributed by atoms with van der Waals surface area (Å²) in [5.41, 5.74) is 8.04. The van der Waals surface area contributed by atoms with Gasteiger partial charge in [0.15, 0.2) is 5.82 Å². The first kappa shape index (κ1) is 18.2. The molecule has 1 fully saturated rings. The normalized spacial score (nSPS) is 17.5. The van der Waals surface area contributed by atoms with Gasteiger partial charge in [0.25, 0.3) is 0 Å². The Balaban J connectivity index is 0.00000182. The number of nitrogens with two attached hydrogens (primary N) is 1. The molecule has 2 aromatic heterocycles. The number of nitrogens with one attached hydrogen (secondary N) is 1.